The molecule has 1 aliphatic rings. The molecule has 4 nitrogen and oxygen atoms in total. The molecule has 1 saturated heterocycles. The molecule has 1 aromatic heterocycles. The number of carbonyl (C=O) groups excluding carboxylic acids is 2. The second kappa shape index (κ2) is 6.60. The van der Waals surface area contributed by atoms with Crippen LogP contribution in [-0.4, -0.2) is 47.8 Å². The van der Waals surface area contributed by atoms with Gasteiger partial charge in [-0.3, -0.25) is 9.59 Å². The molecule has 0 aliphatic carbocycles. The molecule has 0 spiro atoms. The molecule has 5 heteroatoms. The van der Waals surface area contributed by atoms with Gasteiger partial charge < -0.3 is 9.80 Å². The summed E-state index contributed by atoms with van der Waals surface area (Å²) in [4.78, 5) is 29.6. The van der Waals surface area contributed by atoms with Crippen molar-refractivity contribution in [2.45, 2.75) is 33.6 Å². The highest BCUT2D eigenvalue weighted by Crippen LogP contribution is 2.19. The summed E-state index contributed by atoms with van der Waals surface area (Å²) in [5.41, 5.74) is -0.351. The molecule has 0 radical (unpaired) electrons. The van der Waals surface area contributed by atoms with Gasteiger partial charge in [0.1, 0.15) is 0 Å². The molecule has 2 rings (SSSR count). The molecule has 2 heterocycles. The minimum absolute atomic E-state index is 0.169. The van der Waals surface area contributed by atoms with Crippen molar-refractivity contribution in [3.05, 3.63) is 22.4 Å². The topological polar surface area (TPSA) is 40.6 Å². The lowest BCUT2D eigenvalue weighted by Gasteiger charge is -2.28. The van der Waals surface area contributed by atoms with Crippen molar-refractivity contribution in [1.29, 1.82) is 0 Å². The van der Waals surface area contributed by atoms with Crippen LogP contribution >= 0.6 is 11.3 Å². The van der Waals surface area contributed by atoms with Crippen LogP contribution < -0.4 is 0 Å². The third kappa shape index (κ3) is 4.30. The van der Waals surface area contributed by atoms with Crippen LogP contribution in [0.5, 0.6) is 0 Å². The summed E-state index contributed by atoms with van der Waals surface area (Å²) in [7, 11) is 0. The van der Waals surface area contributed by atoms with Gasteiger partial charge in [-0.25, -0.2) is 0 Å². The fourth-order valence-corrected chi connectivity index (χ4v) is 3.21. The normalized spacial score (nSPS) is 16.7. The van der Waals surface area contributed by atoms with Crippen molar-refractivity contribution in [3.8, 4) is 0 Å². The molecule has 0 atom stereocenters. The molecular formula is C16H24N2O2S. The van der Waals surface area contributed by atoms with E-state index in [4.69, 9.17) is 0 Å². The summed E-state index contributed by atoms with van der Waals surface area (Å²) in [6.45, 7) is 8.62. The number of carbonyl (C=O) groups is 2. The zero-order valence-electron chi connectivity index (χ0n) is 13.1. The fourth-order valence-electron chi connectivity index (χ4n) is 2.52. The van der Waals surface area contributed by atoms with Crippen molar-refractivity contribution < 1.29 is 9.59 Å². The number of hydrogen-bond donors (Lipinski definition) is 0. The first-order valence-electron chi connectivity index (χ1n) is 7.47. The van der Waals surface area contributed by atoms with Crippen molar-refractivity contribution in [1.82, 2.24) is 9.80 Å². The summed E-state index contributed by atoms with van der Waals surface area (Å²) in [6, 6.07) is 3.97. The monoisotopic (exact) mass is 308 g/mol. The van der Waals surface area contributed by atoms with Gasteiger partial charge in [0.2, 0.25) is 11.8 Å². The number of thiophene rings is 1. The Hall–Kier alpha value is -1.36. The fraction of sp³-hybridized carbons (Fsp3) is 0.625. The molecule has 1 fully saturated rings. The van der Waals surface area contributed by atoms with E-state index in [9.17, 15) is 9.59 Å². The zero-order chi connectivity index (χ0) is 15.5. The number of nitrogens with zero attached hydrogens (tertiary/aromatic N) is 2. The lowest BCUT2D eigenvalue weighted by molar-refractivity contribution is -0.139. The average molecular weight is 308 g/mol. The lowest BCUT2D eigenvalue weighted by atomic mass is 9.94. The van der Waals surface area contributed by atoms with Crippen LogP contribution in [0.25, 0.3) is 0 Å². The average Bonchev–Trinajstić information content (AvgIpc) is 2.78. The molecule has 0 aromatic carbocycles. The maximum atomic E-state index is 12.3. The van der Waals surface area contributed by atoms with E-state index >= 15 is 0 Å². The Morgan fingerprint density at radius 2 is 1.81 bits per heavy atom. The summed E-state index contributed by atoms with van der Waals surface area (Å²) in [5.74, 6) is 0.345. The number of hydrogen-bond acceptors (Lipinski definition) is 3. The van der Waals surface area contributed by atoms with Gasteiger partial charge in [0.05, 0.1) is 6.42 Å². The van der Waals surface area contributed by atoms with E-state index in [0.29, 0.717) is 19.5 Å². The third-order valence-corrected chi connectivity index (χ3v) is 4.56. The molecule has 21 heavy (non-hydrogen) atoms. The number of rotatable bonds is 2. The Balaban J connectivity index is 1.91. The Morgan fingerprint density at radius 3 is 2.43 bits per heavy atom. The van der Waals surface area contributed by atoms with Crippen molar-refractivity contribution in [2.75, 3.05) is 26.2 Å². The van der Waals surface area contributed by atoms with Gasteiger partial charge in [-0.1, -0.05) is 26.8 Å². The third-order valence-electron chi connectivity index (χ3n) is 3.68. The van der Waals surface area contributed by atoms with Gasteiger partial charge in [-0.15, -0.1) is 11.3 Å². The summed E-state index contributed by atoms with van der Waals surface area (Å²) < 4.78 is 0. The Kier molecular flexibility index (Phi) is 5.04. The molecule has 1 aliphatic heterocycles. The first-order chi connectivity index (χ1) is 9.88. The van der Waals surface area contributed by atoms with E-state index in [1.54, 1.807) is 11.3 Å². The molecule has 0 saturated carbocycles. The first-order valence-corrected chi connectivity index (χ1v) is 8.35. The van der Waals surface area contributed by atoms with Crippen LogP contribution in [0, 0.1) is 5.41 Å². The highest BCUT2D eigenvalue weighted by atomic mass is 32.1. The van der Waals surface area contributed by atoms with Crippen molar-refractivity contribution in [3.63, 3.8) is 0 Å². The minimum atomic E-state index is -0.351. The molecule has 116 valence electrons. The van der Waals surface area contributed by atoms with Gasteiger partial charge in [-0.05, 0) is 17.9 Å². The van der Waals surface area contributed by atoms with Gasteiger partial charge in [0, 0.05) is 36.5 Å². The van der Waals surface area contributed by atoms with Gasteiger partial charge in [0.15, 0.2) is 0 Å². The smallest absolute Gasteiger partial charge is 0.228 e. The SMILES string of the molecule is CC(C)(C)C(=O)N1CCCN(C(=O)Cc2cccs2)CC1. The van der Waals surface area contributed by atoms with Crippen molar-refractivity contribution >= 4 is 23.2 Å². The Morgan fingerprint density at radius 1 is 1.14 bits per heavy atom. The lowest BCUT2D eigenvalue weighted by Crippen LogP contribution is -2.42. The van der Waals surface area contributed by atoms with Crippen LogP contribution in [0.2, 0.25) is 0 Å². The Bertz CT molecular complexity index is 491. The van der Waals surface area contributed by atoms with E-state index in [0.717, 1.165) is 24.4 Å². The Labute approximate surface area is 130 Å². The molecule has 1 aromatic rings. The van der Waals surface area contributed by atoms with Gasteiger partial charge in [-0.2, -0.15) is 0 Å². The highest BCUT2D eigenvalue weighted by Gasteiger charge is 2.29. The van der Waals surface area contributed by atoms with Crippen LogP contribution in [0.3, 0.4) is 0 Å². The maximum Gasteiger partial charge on any atom is 0.228 e. The van der Waals surface area contributed by atoms with E-state index < -0.39 is 0 Å². The standard InChI is InChI=1S/C16H24N2O2S/c1-16(2,3)15(20)18-8-5-7-17(9-10-18)14(19)12-13-6-4-11-21-13/h4,6,11H,5,7-10,12H2,1-3H3. The summed E-state index contributed by atoms with van der Waals surface area (Å²) in [5, 5.41) is 1.99. The van der Waals surface area contributed by atoms with Gasteiger partial charge >= 0.3 is 0 Å². The second-order valence-electron chi connectivity index (χ2n) is 6.53. The molecule has 2 amide bonds. The van der Waals surface area contributed by atoms with E-state index in [2.05, 4.69) is 0 Å². The van der Waals surface area contributed by atoms with Crippen LogP contribution in [0.1, 0.15) is 32.1 Å². The van der Waals surface area contributed by atoms with E-state index in [-0.39, 0.29) is 17.2 Å². The van der Waals surface area contributed by atoms with Crippen LogP contribution in [0.4, 0.5) is 0 Å². The molecular weight excluding hydrogens is 284 g/mol. The first kappa shape index (κ1) is 16.0. The van der Waals surface area contributed by atoms with E-state index in [1.165, 1.54) is 0 Å². The second-order valence-corrected chi connectivity index (χ2v) is 7.56. The minimum Gasteiger partial charge on any atom is -0.341 e. The quantitative estimate of drug-likeness (QED) is 0.842. The van der Waals surface area contributed by atoms with Crippen LogP contribution in [0.15, 0.2) is 17.5 Å². The molecule has 0 unspecified atom stereocenters. The largest absolute Gasteiger partial charge is 0.341 e. The van der Waals surface area contributed by atoms with E-state index in [1.807, 2.05) is 48.1 Å². The maximum absolute atomic E-state index is 12.3. The predicted molar refractivity (Wildman–Crippen MR) is 85.3 cm³/mol. The summed E-state index contributed by atoms with van der Waals surface area (Å²) in [6.07, 6.45) is 1.34. The molecule has 0 bridgehead atoms. The highest BCUT2D eigenvalue weighted by molar-refractivity contribution is 7.10. The van der Waals surface area contributed by atoms with Crippen LogP contribution in [-0.2, 0) is 16.0 Å². The van der Waals surface area contributed by atoms with Crippen molar-refractivity contribution in [2.24, 2.45) is 5.41 Å². The summed E-state index contributed by atoms with van der Waals surface area (Å²) >= 11 is 1.62. The predicted octanol–water partition coefficient (Wildman–Crippen LogP) is 2.40. The zero-order valence-corrected chi connectivity index (χ0v) is 13.9. The van der Waals surface area contributed by atoms with Gasteiger partial charge in [0.25, 0.3) is 0 Å². The number of amides is 2. The molecule has 0 N–H and O–H groups in total.